The molecule has 1 saturated heterocycles. The Labute approximate surface area is 146 Å². The molecule has 4 nitrogen and oxygen atoms in total. The SMILES string of the molecule is CC1CCN(C(=S)Nc2cc3ccncc3c3ncccc23)CC1. The zero-order chi connectivity index (χ0) is 16.5. The fourth-order valence-corrected chi connectivity index (χ4v) is 3.60. The van der Waals surface area contributed by atoms with Crippen molar-refractivity contribution >= 4 is 44.7 Å². The molecule has 1 aliphatic rings. The minimum Gasteiger partial charge on any atom is -0.349 e. The third-order valence-corrected chi connectivity index (χ3v) is 5.18. The van der Waals surface area contributed by atoms with Crippen LogP contribution in [0.3, 0.4) is 0 Å². The summed E-state index contributed by atoms with van der Waals surface area (Å²) in [6, 6.07) is 8.19. The minimum atomic E-state index is 0.794. The van der Waals surface area contributed by atoms with Crippen LogP contribution in [0.5, 0.6) is 0 Å². The number of fused-ring (bicyclic) bond motifs is 3. The quantitative estimate of drug-likeness (QED) is 0.532. The van der Waals surface area contributed by atoms with E-state index in [-0.39, 0.29) is 0 Å². The van der Waals surface area contributed by atoms with Gasteiger partial charge in [0.1, 0.15) is 0 Å². The van der Waals surface area contributed by atoms with E-state index in [1.54, 1.807) is 0 Å². The number of nitrogens with one attached hydrogen (secondary N) is 1. The van der Waals surface area contributed by atoms with Gasteiger partial charge in [-0.1, -0.05) is 6.92 Å². The molecule has 1 aliphatic heterocycles. The van der Waals surface area contributed by atoms with Gasteiger partial charge in [0, 0.05) is 42.5 Å². The van der Waals surface area contributed by atoms with Gasteiger partial charge in [-0.05, 0) is 60.6 Å². The maximum atomic E-state index is 5.66. The highest BCUT2D eigenvalue weighted by Crippen LogP contribution is 2.30. The first-order valence-corrected chi connectivity index (χ1v) is 8.80. The Morgan fingerprint density at radius 1 is 1.21 bits per heavy atom. The molecule has 5 heteroatoms. The summed E-state index contributed by atoms with van der Waals surface area (Å²) >= 11 is 5.66. The number of hydrogen-bond donors (Lipinski definition) is 1. The van der Waals surface area contributed by atoms with Gasteiger partial charge in [0.2, 0.25) is 0 Å². The largest absolute Gasteiger partial charge is 0.349 e. The predicted molar refractivity (Wildman–Crippen MR) is 103 cm³/mol. The molecular weight excluding hydrogens is 316 g/mol. The number of likely N-dealkylation sites (tertiary alicyclic amines) is 1. The normalized spacial score (nSPS) is 15.8. The lowest BCUT2D eigenvalue weighted by atomic mass is 10.00. The molecule has 1 fully saturated rings. The molecule has 1 N–H and O–H groups in total. The topological polar surface area (TPSA) is 41.0 Å². The third-order valence-electron chi connectivity index (χ3n) is 4.82. The van der Waals surface area contributed by atoms with Crippen molar-refractivity contribution in [3.05, 3.63) is 42.9 Å². The van der Waals surface area contributed by atoms with Crippen LogP contribution >= 0.6 is 12.2 Å². The van der Waals surface area contributed by atoms with Crippen LogP contribution in [0.15, 0.2) is 42.9 Å². The molecule has 0 aliphatic carbocycles. The molecule has 24 heavy (non-hydrogen) atoms. The second kappa shape index (κ2) is 6.32. The summed E-state index contributed by atoms with van der Waals surface area (Å²) in [4.78, 5) is 11.1. The lowest BCUT2D eigenvalue weighted by Crippen LogP contribution is -2.40. The van der Waals surface area contributed by atoms with Crippen molar-refractivity contribution in [3.8, 4) is 0 Å². The van der Waals surface area contributed by atoms with Gasteiger partial charge in [0.25, 0.3) is 0 Å². The zero-order valence-corrected chi connectivity index (χ0v) is 14.5. The minimum absolute atomic E-state index is 0.794. The molecule has 0 spiro atoms. The number of hydrogen-bond acceptors (Lipinski definition) is 3. The van der Waals surface area contributed by atoms with E-state index in [9.17, 15) is 0 Å². The number of aromatic nitrogens is 2. The van der Waals surface area contributed by atoms with Crippen LogP contribution in [0.2, 0.25) is 0 Å². The molecule has 4 rings (SSSR count). The van der Waals surface area contributed by atoms with Gasteiger partial charge in [-0.3, -0.25) is 9.97 Å². The number of pyridine rings is 2. The molecular formula is C19H20N4S. The number of thiocarbonyl (C=S) groups is 1. The highest BCUT2D eigenvalue weighted by molar-refractivity contribution is 7.80. The van der Waals surface area contributed by atoms with Crippen LogP contribution in [-0.4, -0.2) is 33.1 Å². The smallest absolute Gasteiger partial charge is 0.173 e. The van der Waals surface area contributed by atoms with E-state index in [1.165, 1.54) is 12.8 Å². The number of anilines is 1. The van der Waals surface area contributed by atoms with E-state index in [0.29, 0.717) is 0 Å². The molecule has 0 radical (unpaired) electrons. The summed E-state index contributed by atoms with van der Waals surface area (Å²) in [5.41, 5.74) is 1.97. The van der Waals surface area contributed by atoms with Crippen molar-refractivity contribution in [2.75, 3.05) is 18.4 Å². The van der Waals surface area contributed by atoms with Crippen LogP contribution in [0, 0.1) is 5.92 Å². The van der Waals surface area contributed by atoms with E-state index < -0.39 is 0 Å². The molecule has 3 aromatic rings. The van der Waals surface area contributed by atoms with Gasteiger partial charge in [-0.2, -0.15) is 0 Å². The van der Waals surface area contributed by atoms with Crippen molar-refractivity contribution < 1.29 is 0 Å². The fraction of sp³-hybridized carbons (Fsp3) is 0.316. The van der Waals surface area contributed by atoms with Crippen LogP contribution in [0.1, 0.15) is 19.8 Å². The van der Waals surface area contributed by atoms with Crippen molar-refractivity contribution in [1.29, 1.82) is 0 Å². The maximum absolute atomic E-state index is 5.66. The Bertz CT molecular complexity index is 900. The maximum Gasteiger partial charge on any atom is 0.173 e. The summed E-state index contributed by atoms with van der Waals surface area (Å²) in [7, 11) is 0. The van der Waals surface area contributed by atoms with Crippen molar-refractivity contribution in [1.82, 2.24) is 14.9 Å². The van der Waals surface area contributed by atoms with E-state index in [2.05, 4.69) is 39.2 Å². The Kier molecular flexibility index (Phi) is 4.02. The molecule has 0 unspecified atom stereocenters. The molecule has 0 amide bonds. The van der Waals surface area contributed by atoms with E-state index in [0.717, 1.165) is 51.5 Å². The fourth-order valence-electron chi connectivity index (χ4n) is 3.31. The summed E-state index contributed by atoms with van der Waals surface area (Å²) in [6.07, 6.45) is 7.91. The van der Waals surface area contributed by atoms with Gasteiger partial charge in [0.05, 0.1) is 11.2 Å². The average Bonchev–Trinajstić information content (AvgIpc) is 2.62. The number of nitrogens with zero attached hydrogens (tertiary/aromatic N) is 3. The van der Waals surface area contributed by atoms with Gasteiger partial charge in [0.15, 0.2) is 5.11 Å². The first kappa shape index (κ1) is 15.3. The molecule has 0 saturated carbocycles. The third kappa shape index (κ3) is 2.80. The average molecular weight is 336 g/mol. The highest BCUT2D eigenvalue weighted by atomic mass is 32.1. The van der Waals surface area contributed by atoms with Gasteiger partial charge < -0.3 is 10.2 Å². The molecule has 2 aromatic heterocycles. The van der Waals surface area contributed by atoms with Crippen molar-refractivity contribution in [2.24, 2.45) is 5.92 Å². The first-order valence-electron chi connectivity index (χ1n) is 8.40. The lowest BCUT2D eigenvalue weighted by Gasteiger charge is -2.32. The zero-order valence-electron chi connectivity index (χ0n) is 13.7. The van der Waals surface area contributed by atoms with Crippen LogP contribution < -0.4 is 5.32 Å². The highest BCUT2D eigenvalue weighted by Gasteiger charge is 2.18. The standard InChI is InChI=1S/C19H20N4S/c1-13-5-9-23(10-6-13)19(24)22-17-11-14-4-8-20-12-16(14)18-15(17)3-2-7-21-18/h2-4,7-8,11-13H,5-6,9-10H2,1H3,(H,22,24). The second-order valence-electron chi connectivity index (χ2n) is 6.52. The Balaban J connectivity index is 1.71. The molecule has 3 heterocycles. The van der Waals surface area contributed by atoms with Crippen LogP contribution in [0.4, 0.5) is 5.69 Å². The summed E-state index contributed by atoms with van der Waals surface area (Å²) in [5, 5.41) is 7.52. The number of rotatable bonds is 1. The Hall–Kier alpha value is -2.27. The predicted octanol–water partition coefficient (Wildman–Crippen LogP) is 4.21. The first-order chi connectivity index (χ1) is 11.7. The number of benzene rings is 1. The van der Waals surface area contributed by atoms with E-state index >= 15 is 0 Å². The molecule has 122 valence electrons. The Morgan fingerprint density at radius 3 is 2.88 bits per heavy atom. The summed E-state index contributed by atoms with van der Waals surface area (Å²) in [6.45, 7) is 4.37. The summed E-state index contributed by atoms with van der Waals surface area (Å²) < 4.78 is 0. The van der Waals surface area contributed by atoms with E-state index in [4.69, 9.17) is 12.2 Å². The van der Waals surface area contributed by atoms with Crippen LogP contribution in [0.25, 0.3) is 21.7 Å². The summed E-state index contributed by atoms with van der Waals surface area (Å²) in [5.74, 6) is 0.794. The van der Waals surface area contributed by atoms with Crippen molar-refractivity contribution in [3.63, 3.8) is 0 Å². The second-order valence-corrected chi connectivity index (χ2v) is 6.91. The monoisotopic (exact) mass is 336 g/mol. The van der Waals surface area contributed by atoms with E-state index in [1.807, 2.05) is 30.7 Å². The van der Waals surface area contributed by atoms with Gasteiger partial charge in [-0.15, -0.1) is 0 Å². The lowest BCUT2D eigenvalue weighted by molar-refractivity contribution is 0.283. The molecule has 1 aromatic carbocycles. The Morgan fingerprint density at radius 2 is 2.04 bits per heavy atom. The molecule has 0 atom stereocenters. The van der Waals surface area contributed by atoms with Crippen molar-refractivity contribution in [2.45, 2.75) is 19.8 Å². The van der Waals surface area contributed by atoms with Gasteiger partial charge in [-0.25, -0.2) is 0 Å². The van der Waals surface area contributed by atoms with Gasteiger partial charge >= 0.3 is 0 Å². The van der Waals surface area contributed by atoms with Crippen LogP contribution in [-0.2, 0) is 0 Å². The number of piperidine rings is 1. The molecule has 0 bridgehead atoms.